The predicted molar refractivity (Wildman–Crippen MR) is 82.7 cm³/mol. The summed E-state index contributed by atoms with van der Waals surface area (Å²) in [7, 11) is 4.05. The monoisotopic (exact) mass is 262 g/mol. The van der Waals surface area contributed by atoms with Crippen molar-refractivity contribution in [1.82, 2.24) is 10.6 Å². The van der Waals surface area contributed by atoms with E-state index >= 15 is 0 Å². The van der Waals surface area contributed by atoms with E-state index in [9.17, 15) is 0 Å². The molecule has 2 atom stereocenters. The van der Waals surface area contributed by atoms with Crippen LogP contribution in [0.3, 0.4) is 0 Å². The maximum atomic E-state index is 5.93. The minimum absolute atomic E-state index is 0.575. The molecule has 4 heteroatoms. The summed E-state index contributed by atoms with van der Waals surface area (Å²) in [4.78, 5) is 2.55. The molecule has 0 amide bonds. The fraction of sp³-hybridized carbons (Fsp3) is 0.600. The van der Waals surface area contributed by atoms with Gasteiger partial charge in [0.1, 0.15) is 0 Å². The van der Waals surface area contributed by atoms with Gasteiger partial charge in [0.25, 0.3) is 0 Å². The lowest BCUT2D eigenvalue weighted by Crippen LogP contribution is -2.44. The molecule has 1 heterocycles. The van der Waals surface area contributed by atoms with Crippen LogP contribution >= 0.6 is 0 Å². The van der Waals surface area contributed by atoms with Crippen molar-refractivity contribution < 1.29 is 0 Å². The third-order valence-electron chi connectivity index (χ3n) is 4.05. The number of nitrogens with one attached hydrogen (secondary N) is 2. The van der Waals surface area contributed by atoms with Crippen molar-refractivity contribution in [3.8, 4) is 0 Å². The van der Waals surface area contributed by atoms with Crippen LogP contribution in [0.5, 0.6) is 0 Å². The molecule has 4 nitrogen and oxygen atoms in total. The van der Waals surface area contributed by atoms with Crippen molar-refractivity contribution in [3.63, 3.8) is 0 Å². The van der Waals surface area contributed by atoms with Gasteiger partial charge in [0.2, 0.25) is 0 Å². The first-order valence-electron chi connectivity index (χ1n) is 7.11. The number of nitrogens with zero attached hydrogens (tertiary/aromatic N) is 1. The number of hydrogen-bond acceptors (Lipinski definition) is 4. The summed E-state index contributed by atoms with van der Waals surface area (Å²) < 4.78 is 0. The first-order chi connectivity index (χ1) is 9.17. The second-order valence-electron chi connectivity index (χ2n) is 5.45. The Hall–Kier alpha value is -1.26. The smallest absolute Gasteiger partial charge is 0.0418 e. The molecule has 1 aliphatic rings. The highest BCUT2D eigenvalue weighted by Gasteiger charge is 2.32. The molecule has 0 spiro atoms. The number of nitrogen functional groups attached to an aromatic ring is 1. The Balaban J connectivity index is 2.26. The second-order valence-corrected chi connectivity index (χ2v) is 5.45. The maximum absolute atomic E-state index is 5.93. The third-order valence-corrected chi connectivity index (χ3v) is 4.05. The van der Waals surface area contributed by atoms with Gasteiger partial charge < -0.3 is 21.3 Å². The lowest BCUT2D eigenvalue weighted by Gasteiger charge is -2.33. The Morgan fingerprint density at radius 1 is 1.16 bits per heavy atom. The van der Waals surface area contributed by atoms with E-state index in [1.54, 1.807) is 0 Å². The predicted octanol–water partition coefficient (Wildman–Crippen LogP) is 1.35. The van der Waals surface area contributed by atoms with Gasteiger partial charge >= 0.3 is 0 Å². The summed E-state index contributed by atoms with van der Waals surface area (Å²) in [5, 5.41) is 6.62. The standard InChI is InChI=1S/C15H26N4/c1-11-8-12(6-7-15(11)16)19-13(9-17-2)4-5-14(19)10-18-3/h6-8,13-14,17-18H,4-5,9-10,16H2,1-3H3. The van der Waals surface area contributed by atoms with Crippen LogP contribution in [0.2, 0.25) is 0 Å². The first-order valence-corrected chi connectivity index (χ1v) is 7.11. The number of likely N-dealkylation sites (N-methyl/N-ethyl adjacent to an activating group) is 2. The van der Waals surface area contributed by atoms with Gasteiger partial charge in [-0.1, -0.05) is 0 Å². The van der Waals surface area contributed by atoms with E-state index in [0.29, 0.717) is 12.1 Å². The van der Waals surface area contributed by atoms with Crippen LogP contribution in [0, 0.1) is 6.92 Å². The fourth-order valence-electron chi connectivity index (χ4n) is 3.08. The molecule has 0 aromatic heterocycles. The Kier molecular flexibility index (Phi) is 4.66. The van der Waals surface area contributed by atoms with Crippen molar-refractivity contribution >= 4 is 11.4 Å². The van der Waals surface area contributed by atoms with Crippen molar-refractivity contribution in [2.75, 3.05) is 37.8 Å². The van der Waals surface area contributed by atoms with Crippen LogP contribution in [0.1, 0.15) is 18.4 Å². The number of anilines is 2. The normalized spacial score (nSPS) is 23.0. The molecule has 0 aliphatic carbocycles. The van der Waals surface area contributed by atoms with Crippen molar-refractivity contribution in [3.05, 3.63) is 23.8 Å². The Labute approximate surface area is 116 Å². The summed E-state index contributed by atoms with van der Waals surface area (Å²) in [5.41, 5.74) is 9.26. The molecule has 1 saturated heterocycles. The zero-order valence-corrected chi connectivity index (χ0v) is 12.2. The van der Waals surface area contributed by atoms with E-state index in [4.69, 9.17) is 5.73 Å². The third kappa shape index (κ3) is 3.01. The van der Waals surface area contributed by atoms with E-state index < -0.39 is 0 Å². The van der Waals surface area contributed by atoms with Gasteiger partial charge in [-0.25, -0.2) is 0 Å². The maximum Gasteiger partial charge on any atom is 0.0418 e. The van der Waals surface area contributed by atoms with E-state index in [1.165, 1.54) is 18.5 Å². The van der Waals surface area contributed by atoms with Crippen LogP contribution in [-0.2, 0) is 0 Å². The largest absolute Gasteiger partial charge is 0.399 e. The summed E-state index contributed by atoms with van der Waals surface area (Å²) in [6.45, 7) is 4.14. The van der Waals surface area contributed by atoms with Crippen molar-refractivity contribution in [1.29, 1.82) is 0 Å². The molecule has 4 N–H and O–H groups in total. The second kappa shape index (κ2) is 6.26. The Morgan fingerprint density at radius 3 is 2.21 bits per heavy atom. The summed E-state index contributed by atoms with van der Waals surface area (Å²) in [5.74, 6) is 0. The van der Waals surface area contributed by atoms with Gasteiger partial charge in [-0.3, -0.25) is 0 Å². The zero-order valence-electron chi connectivity index (χ0n) is 12.2. The molecule has 0 bridgehead atoms. The Morgan fingerprint density at radius 2 is 1.74 bits per heavy atom. The highest BCUT2D eigenvalue weighted by molar-refractivity contribution is 5.59. The van der Waals surface area contributed by atoms with E-state index in [0.717, 1.165) is 24.3 Å². The number of aryl methyl sites for hydroxylation is 1. The van der Waals surface area contributed by atoms with Crippen molar-refractivity contribution in [2.24, 2.45) is 0 Å². The summed E-state index contributed by atoms with van der Waals surface area (Å²) in [6.07, 6.45) is 2.49. The topological polar surface area (TPSA) is 53.3 Å². The summed E-state index contributed by atoms with van der Waals surface area (Å²) in [6, 6.07) is 7.54. The average Bonchev–Trinajstić information content (AvgIpc) is 2.77. The highest BCUT2D eigenvalue weighted by Crippen LogP contribution is 2.31. The Bertz CT molecular complexity index is 405. The van der Waals surface area contributed by atoms with Crippen LogP contribution in [-0.4, -0.2) is 39.3 Å². The summed E-state index contributed by atoms with van der Waals surface area (Å²) >= 11 is 0. The van der Waals surface area contributed by atoms with Gasteiger partial charge in [0, 0.05) is 36.5 Å². The molecule has 19 heavy (non-hydrogen) atoms. The SMILES string of the molecule is CNCC1CCC(CNC)N1c1ccc(N)c(C)c1. The number of nitrogens with two attached hydrogens (primary N) is 1. The highest BCUT2D eigenvalue weighted by atomic mass is 15.2. The molecule has 1 fully saturated rings. The average molecular weight is 262 g/mol. The first kappa shape index (κ1) is 14.2. The molecule has 2 rings (SSSR count). The molecule has 0 saturated carbocycles. The van der Waals surface area contributed by atoms with Crippen LogP contribution in [0.25, 0.3) is 0 Å². The molecule has 2 unspecified atom stereocenters. The molecular formula is C15H26N4. The van der Waals surface area contributed by atoms with Crippen LogP contribution < -0.4 is 21.3 Å². The van der Waals surface area contributed by atoms with E-state index in [1.807, 2.05) is 20.2 Å². The number of rotatable bonds is 5. The van der Waals surface area contributed by atoms with Crippen LogP contribution in [0.15, 0.2) is 18.2 Å². The zero-order chi connectivity index (χ0) is 13.8. The molecule has 1 aromatic carbocycles. The molecule has 106 valence electrons. The molecular weight excluding hydrogens is 236 g/mol. The van der Waals surface area contributed by atoms with E-state index in [-0.39, 0.29) is 0 Å². The van der Waals surface area contributed by atoms with Crippen molar-refractivity contribution in [2.45, 2.75) is 31.8 Å². The molecule has 0 radical (unpaired) electrons. The number of benzene rings is 1. The quantitative estimate of drug-likeness (QED) is 0.701. The molecule has 1 aliphatic heterocycles. The number of hydrogen-bond donors (Lipinski definition) is 3. The van der Waals surface area contributed by atoms with Gasteiger partial charge in [0.05, 0.1) is 0 Å². The van der Waals surface area contributed by atoms with E-state index in [2.05, 4.69) is 34.6 Å². The van der Waals surface area contributed by atoms with Gasteiger partial charge in [0.15, 0.2) is 0 Å². The lowest BCUT2D eigenvalue weighted by molar-refractivity contribution is 0.575. The lowest BCUT2D eigenvalue weighted by atomic mass is 10.1. The van der Waals surface area contributed by atoms with Gasteiger partial charge in [-0.2, -0.15) is 0 Å². The van der Waals surface area contributed by atoms with Gasteiger partial charge in [-0.15, -0.1) is 0 Å². The fourth-order valence-corrected chi connectivity index (χ4v) is 3.08. The molecule has 1 aromatic rings. The minimum atomic E-state index is 0.575. The van der Waals surface area contributed by atoms with Gasteiger partial charge in [-0.05, 0) is 57.6 Å². The van der Waals surface area contributed by atoms with Crippen LogP contribution in [0.4, 0.5) is 11.4 Å². The minimum Gasteiger partial charge on any atom is -0.399 e.